The van der Waals surface area contributed by atoms with Gasteiger partial charge in [0.05, 0.1) is 23.0 Å². The summed E-state index contributed by atoms with van der Waals surface area (Å²) in [6.45, 7) is 9.31. The maximum absolute atomic E-state index is 13.8. The summed E-state index contributed by atoms with van der Waals surface area (Å²) in [7, 11) is 0. The zero-order chi connectivity index (χ0) is 23.8. The largest absolute Gasteiger partial charge is 0.371 e. The number of pyridine rings is 1. The summed E-state index contributed by atoms with van der Waals surface area (Å²) in [5, 5.41) is 6.88. The zero-order valence-corrected chi connectivity index (χ0v) is 18.9. The van der Waals surface area contributed by atoms with E-state index in [1.165, 1.54) is 6.20 Å². The van der Waals surface area contributed by atoms with Gasteiger partial charge >= 0.3 is 0 Å². The predicted molar refractivity (Wildman–Crippen MR) is 137 cm³/mol. The molecule has 0 saturated heterocycles. The predicted octanol–water partition coefficient (Wildman–Crippen LogP) is 5.89. The number of anilines is 2. The Balaban J connectivity index is 1.74. The molecular formula is C26H19ClN6O. The molecule has 0 aliphatic rings. The second kappa shape index (κ2) is 8.50. The lowest BCUT2D eigenvalue weighted by Gasteiger charge is -2.22. The molecule has 1 atom stereocenters. The van der Waals surface area contributed by atoms with Gasteiger partial charge < -0.3 is 11.1 Å². The lowest BCUT2D eigenvalue weighted by atomic mass is 10.1. The van der Waals surface area contributed by atoms with E-state index < -0.39 is 6.04 Å². The second-order valence-electron chi connectivity index (χ2n) is 7.89. The van der Waals surface area contributed by atoms with Gasteiger partial charge in [-0.25, -0.2) is 14.8 Å². The van der Waals surface area contributed by atoms with Crippen molar-refractivity contribution in [3.8, 4) is 5.69 Å². The highest BCUT2D eigenvalue weighted by atomic mass is 35.5. The van der Waals surface area contributed by atoms with Crippen LogP contribution in [0.5, 0.6) is 0 Å². The first-order chi connectivity index (χ1) is 16.5. The molecular weight excluding hydrogens is 448 g/mol. The molecule has 5 rings (SSSR count). The molecule has 166 valence electrons. The van der Waals surface area contributed by atoms with Gasteiger partial charge in [0.25, 0.3) is 5.56 Å². The molecule has 3 aromatic carbocycles. The lowest BCUT2D eigenvalue weighted by Crippen LogP contribution is -2.26. The number of fused-ring (bicyclic) bond motifs is 2. The molecule has 0 aliphatic carbocycles. The Morgan fingerprint density at radius 1 is 1.06 bits per heavy atom. The van der Waals surface area contributed by atoms with E-state index in [0.717, 1.165) is 16.2 Å². The molecule has 0 saturated carbocycles. The number of nitrogens with two attached hydrogens (primary N) is 1. The minimum atomic E-state index is -0.405. The lowest BCUT2D eigenvalue weighted by molar-refractivity contribution is 0.774. The van der Waals surface area contributed by atoms with Gasteiger partial charge in [0, 0.05) is 17.6 Å². The quantitative estimate of drug-likeness (QED) is 0.322. The molecule has 0 amide bonds. The van der Waals surface area contributed by atoms with Crippen molar-refractivity contribution >= 4 is 50.6 Å². The number of rotatable bonds is 4. The summed E-state index contributed by atoms with van der Waals surface area (Å²) in [5.41, 5.74) is 7.16. The van der Waals surface area contributed by atoms with E-state index in [2.05, 4.69) is 20.1 Å². The minimum Gasteiger partial charge on any atom is -0.371 e. The minimum absolute atomic E-state index is 0.0549. The Morgan fingerprint density at radius 3 is 2.62 bits per heavy atom. The number of nitrogens with one attached hydrogen (secondary N) is 1. The summed E-state index contributed by atoms with van der Waals surface area (Å²) in [4.78, 5) is 25.3. The number of benzene rings is 3. The molecule has 2 heterocycles. The average molecular weight is 467 g/mol. The molecule has 5 aromatic rings. The normalized spacial score (nSPS) is 11.9. The van der Waals surface area contributed by atoms with Crippen molar-refractivity contribution in [1.82, 2.24) is 14.5 Å². The van der Waals surface area contributed by atoms with E-state index in [0.29, 0.717) is 27.6 Å². The van der Waals surface area contributed by atoms with Crippen LogP contribution >= 0.6 is 11.6 Å². The fraction of sp³-hybridized carbons (Fsp3) is 0.0769. The zero-order valence-electron chi connectivity index (χ0n) is 18.2. The maximum atomic E-state index is 13.8. The highest BCUT2D eigenvalue weighted by Crippen LogP contribution is 2.30. The van der Waals surface area contributed by atoms with Crippen LogP contribution in [0, 0.1) is 6.57 Å². The third kappa shape index (κ3) is 3.70. The third-order valence-electron chi connectivity index (χ3n) is 5.72. The molecule has 0 fully saturated rings. The number of hydrogen-bond donors (Lipinski definition) is 2. The molecule has 7 nitrogen and oxygen atoms in total. The van der Waals surface area contributed by atoms with Crippen LogP contribution in [0.1, 0.15) is 18.7 Å². The molecule has 8 heteroatoms. The SMILES string of the molecule is [C-]#[N+]c1cnc(N)nc1N[C@@H](C)c1cc2cccc(Cl)c2c(=O)n1-c1ccc2ccccc2c1. The van der Waals surface area contributed by atoms with Crippen LogP contribution < -0.4 is 16.6 Å². The molecule has 3 N–H and O–H groups in total. The fourth-order valence-corrected chi connectivity index (χ4v) is 4.36. The van der Waals surface area contributed by atoms with Gasteiger partial charge in [0.1, 0.15) is 5.82 Å². The average Bonchev–Trinajstić information content (AvgIpc) is 2.83. The smallest absolute Gasteiger partial charge is 0.264 e. The van der Waals surface area contributed by atoms with Gasteiger partial charge in [-0.05, 0) is 47.3 Å². The van der Waals surface area contributed by atoms with Crippen LogP contribution in [0.3, 0.4) is 0 Å². The van der Waals surface area contributed by atoms with E-state index in [1.54, 1.807) is 10.6 Å². The first kappa shape index (κ1) is 21.4. The van der Waals surface area contributed by atoms with E-state index in [1.807, 2.05) is 67.6 Å². The molecule has 34 heavy (non-hydrogen) atoms. The third-order valence-corrected chi connectivity index (χ3v) is 6.04. The molecule has 2 aromatic heterocycles. The Labute approximate surface area is 200 Å². The van der Waals surface area contributed by atoms with E-state index >= 15 is 0 Å². The molecule has 0 unspecified atom stereocenters. The van der Waals surface area contributed by atoms with Crippen LogP contribution in [0.25, 0.3) is 32.1 Å². The van der Waals surface area contributed by atoms with E-state index in [9.17, 15) is 4.79 Å². The monoisotopic (exact) mass is 466 g/mol. The van der Waals surface area contributed by atoms with Crippen molar-refractivity contribution in [2.45, 2.75) is 13.0 Å². The van der Waals surface area contributed by atoms with Crippen LogP contribution in [0.15, 0.2) is 77.7 Å². The summed E-state index contributed by atoms with van der Waals surface area (Å²) >= 11 is 6.44. The van der Waals surface area contributed by atoms with Gasteiger partial charge in [-0.15, -0.1) is 0 Å². The number of nitrogens with zero attached hydrogens (tertiary/aromatic N) is 4. The summed E-state index contributed by atoms with van der Waals surface area (Å²) in [6, 6.07) is 20.7. The Morgan fingerprint density at radius 2 is 1.82 bits per heavy atom. The van der Waals surface area contributed by atoms with Gasteiger partial charge in [-0.1, -0.05) is 54.1 Å². The summed E-state index contributed by atoms with van der Waals surface area (Å²) in [6.07, 6.45) is 1.38. The molecule has 0 spiro atoms. The molecule has 0 radical (unpaired) electrons. The van der Waals surface area contributed by atoms with Crippen molar-refractivity contribution in [1.29, 1.82) is 0 Å². The summed E-state index contributed by atoms with van der Waals surface area (Å²) in [5.74, 6) is 0.359. The number of hydrogen-bond acceptors (Lipinski definition) is 5. The van der Waals surface area contributed by atoms with E-state index in [-0.39, 0.29) is 17.2 Å². The maximum Gasteiger partial charge on any atom is 0.264 e. The van der Waals surface area contributed by atoms with Crippen molar-refractivity contribution in [2.75, 3.05) is 11.1 Å². The number of aromatic nitrogens is 3. The van der Waals surface area contributed by atoms with Gasteiger partial charge in [0.2, 0.25) is 11.6 Å². The van der Waals surface area contributed by atoms with Crippen LogP contribution in [-0.2, 0) is 0 Å². The van der Waals surface area contributed by atoms with Crippen molar-refractivity contribution < 1.29 is 0 Å². The summed E-state index contributed by atoms with van der Waals surface area (Å²) < 4.78 is 1.65. The Kier molecular flexibility index (Phi) is 5.36. The van der Waals surface area contributed by atoms with Crippen molar-refractivity contribution in [3.63, 3.8) is 0 Å². The van der Waals surface area contributed by atoms with Crippen molar-refractivity contribution in [2.24, 2.45) is 0 Å². The first-order valence-electron chi connectivity index (χ1n) is 10.6. The van der Waals surface area contributed by atoms with Crippen LogP contribution in [-0.4, -0.2) is 14.5 Å². The Hall–Kier alpha value is -4.41. The van der Waals surface area contributed by atoms with Crippen molar-refractivity contribution in [3.05, 3.63) is 105 Å². The Bertz CT molecular complexity index is 1670. The van der Waals surface area contributed by atoms with Gasteiger partial charge in [-0.2, -0.15) is 0 Å². The standard InChI is InChI=1S/C26H19ClN6O/c1-15(31-24-21(29-2)14-30-26(28)32-24)22-13-18-8-5-9-20(27)23(18)25(34)33(22)19-11-10-16-6-3-4-7-17(16)12-19/h3-15H,1H3,(H3,28,30,31,32)/t15-/m0/s1. The molecule has 0 bridgehead atoms. The molecule has 0 aliphatic heterocycles. The highest BCUT2D eigenvalue weighted by Gasteiger charge is 2.19. The van der Waals surface area contributed by atoms with Crippen LogP contribution in [0.4, 0.5) is 17.5 Å². The van der Waals surface area contributed by atoms with Gasteiger partial charge in [-0.3, -0.25) is 9.36 Å². The topological polar surface area (TPSA) is 90.2 Å². The van der Waals surface area contributed by atoms with Gasteiger partial charge in [0.15, 0.2) is 0 Å². The number of halogens is 1. The number of nitrogen functional groups attached to an aromatic ring is 1. The van der Waals surface area contributed by atoms with Crippen LogP contribution in [0.2, 0.25) is 5.02 Å². The second-order valence-corrected chi connectivity index (χ2v) is 8.29. The fourth-order valence-electron chi connectivity index (χ4n) is 4.10. The highest BCUT2D eigenvalue weighted by molar-refractivity contribution is 6.35. The van der Waals surface area contributed by atoms with E-state index in [4.69, 9.17) is 23.9 Å². The first-order valence-corrected chi connectivity index (χ1v) is 10.9.